The Hall–Kier alpha value is -1.47. The number of amides is 1. The van der Waals surface area contributed by atoms with Gasteiger partial charge >= 0.3 is 0 Å². The van der Waals surface area contributed by atoms with Crippen LogP contribution >= 0.6 is 0 Å². The molecular weight excluding hydrogens is 295 g/mol. The molecule has 0 aromatic heterocycles. The second-order valence-electron chi connectivity index (χ2n) is 5.24. The maximum atomic E-state index is 13.9. The van der Waals surface area contributed by atoms with Crippen molar-refractivity contribution >= 4 is 15.9 Å². The number of benzene rings is 1. The van der Waals surface area contributed by atoms with Gasteiger partial charge in [0.15, 0.2) is 0 Å². The number of nitrogens with zero attached hydrogens (tertiary/aromatic N) is 1. The molecule has 0 bridgehead atoms. The highest BCUT2D eigenvalue weighted by molar-refractivity contribution is 7.89. The van der Waals surface area contributed by atoms with Crippen molar-refractivity contribution in [3.05, 3.63) is 29.1 Å². The number of aryl methyl sites for hydroxylation is 1. The molecule has 0 unspecified atom stereocenters. The highest BCUT2D eigenvalue weighted by Crippen LogP contribution is 2.21. The molecule has 1 aromatic rings. The number of carbonyl (C=O) groups excluding carboxylic acids is 1. The number of carbonyl (C=O) groups is 1. The van der Waals surface area contributed by atoms with Crippen molar-refractivity contribution < 1.29 is 17.6 Å². The largest absolute Gasteiger partial charge is 0.336 e. The Kier molecular flexibility index (Phi) is 5.47. The van der Waals surface area contributed by atoms with E-state index in [1.54, 1.807) is 4.90 Å². The molecule has 0 heterocycles. The van der Waals surface area contributed by atoms with E-state index >= 15 is 0 Å². The fourth-order valence-corrected chi connectivity index (χ4v) is 2.77. The van der Waals surface area contributed by atoms with Gasteiger partial charge in [-0.25, -0.2) is 17.9 Å². The highest BCUT2D eigenvalue weighted by Gasteiger charge is 2.23. The van der Waals surface area contributed by atoms with E-state index in [9.17, 15) is 17.6 Å². The number of primary sulfonamides is 1. The number of hydrogen-bond acceptors (Lipinski definition) is 3. The van der Waals surface area contributed by atoms with Crippen LogP contribution in [0.25, 0.3) is 0 Å². The van der Waals surface area contributed by atoms with Gasteiger partial charge in [0.25, 0.3) is 5.91 Å². The standard InChI is InChI=1S/C14H21FN2O3S/c1-5-6-17(9(2)3)14(18)11-7-10(4)13(15)12(8-11)21(16,19)20/h7-9H,5-6H2,1-4H3,(H2,16,19,20). The molecule has 1 amide bonds. The monoisotopic (exact) mass is 316 g/mol. The minimum absolute atomic E-state index is 0.0410. The molecule has 118 valence electrons. The van der Waals surface area contributed by atoms with Crippen molar-refractivity contribution in [3.8, 4) is 0 Å². The van der Waals surface area contributed by atoms with Gasteiger partial charge in [0.2, 0.25) is 10.0 Å². The summed E-state index contributed by atoms with van der Waals surface area (Å²) in [4.78, 5) is 13.5. The number of rotatable bonds is 5. The first kappa shape index (κ1) is 17.6. The fraction of sp³-hybridized carbons (Fsp3) is 0.500. The number of halogens is 1. The van der Waals surface area contributed by atoms with Crippen LogP contribution in [0.15, 0.2) is 17.0 Å². The van der Waals surface area contributed by atoms with Gasteiger partial charge in [-0.3, -0.25) is 4.79 Å². The predicted octanol–water partition coefficient (Wildman–Crippen LogP) is 2.04. The molecule has 0 aliphatic heterocycles. The molecule has 2 N–H and O–H groups in total. The SMILES string of the molecule is CCCN(C(=O)c1cc(C)c(F)c(S(N)(=O)=O)c1)C(C)C. The van der Waals surface area contributed by atoms with Gasteiger partial charge in [0, 0.05) is 18.2 Å². The zero-order valence-corrected chi connectivity index (χ0v) is 13.5. The Morgan fingerprint density at radius 2 is 1.95 bits per heavy atom. The average molecular weight is 316 g/mol. The summed E-state index contributed by atoms with van der Waals surface area (Å²) in [7, 11) is -4.22. The molecule has 7 heteroatoms. The second kappa shape index (κ2) is 6.53. The van der Waals surface area contributed by atoms with E-state index in [2.05, 4.69) is 0 Å². The van der Waals surface area contributed by atoms with E-state index in [1.807, 2.05) is 20.8 Å². The number of nitrogens with two attached hydrogens (primary N) is 1. The Morgan fingerprint density at radius 1 is 1.38 bits per heavy atom. The van der Waals surface area contributed by atoms with Gasteiger partial charge in [-0.15, -0.1) is 0 Å². The van der Waals surface area contributed by atoms with Crippen LogP contribution in [0.2, 0.25) is 0 Å². The zero-order chi connectivity index (χ0) is 16.4. The smallest absolute Gasteiger partial charge is 0.254 e. The summed E-state index contributed by atoms with van der Waals surface area (Å²) in [6, 6.07) is 2.31. The van der Waals surface area contributed by atoms with E-state index in [0.29, 0.717) is 6.54 Å². The van der Waals surface area contributed by atoms with Gasteiger partial charge < -0.3 is 4.90 Å². The third-order valence-electron chi connectivity index (χ3n) is 3.12. The third kappa shape index (κ3) is 4.01. The van der Waals surface area contributed by atoms with Crippen LogP contribution in [-0.2, 0) is 10.0 Å². The molecule has 0 saturated carbocycles. The number of sulfonamides is 1. The molecule has 1 aromatic carbocycles. The molecule has 21 heavy (non-hydrogen) atoms. The molecule has 0 spiro atoms. The van der Waals surface area contributed by atoms with Crippen molar-refractivity contribution in [3.63, 3.8) is 0 Å². The fourth-order valence-electron chi connectivity index (χ4n) is 2.07. The van der Waals surface area contributed by atoms with E-state index in [1.165, 1.54) is 13.0 Å². The third-order valence-corrected chi connectivity index (χ3v) is 4.03. The lowest BCUT2D eigenvalue weighted by Crippen LogP contribution is -2.37. The molecule has 0 atom stereocenters. The first-order valence-electron chi connectivity index (χ1n) is 6.73. The van der Waals surface area contributed by atoms with Gasteiger partial charge in [-0.2, -0.15) is 0 Å². The van der Waals surface area contributed by atoms with Gasteiger partial charge in [-0.1, -0.05) is 6.92 Å². The lowest BCUT2D eigenvalue weighted by atomic mass is 10.1. The Morgan fingerprint density at radius 3 is 2.38 bits per heavy atom. The summed E-state index contributed by atoms with van der Waals surface area (Å²) in [6.07, 6.45) is 0.770. The average Bonchev–Trinajstić information content (AvgIpc) is 2.36. The first-order valence-corrected chi connectivity index (χ1v) is 8.28. The van der Waals surface area contributed by atoms with Gasteiger partial charge in [-0.05, 0) is 44.9 Å². The molecule has 5 nitrogen and oxygen atoms in total. The van der Waals surface area contributed by atoms with Crippen molar-refractivity contribution in [1.29, 1.82) is 0 Å². The zero-order valence-electron chi connectivity index (χ0n) is 12.7. The number of hydrogen-bond donors (Lipinski definition) is 1. The Balaban J connectivity index is 3.38. The summed E-state index contributed by atoms with van der Waals surface area (Å²) in [5.41, 5.74) is 0.199. The summed E-state index contributed by atoms with van der Waals surface area (Å²) >= 11 is 0. The molecule has 0 saturated heterocycles. The molecule has 0 radical (unpaired) electrons. The van der Waals surface area contributed by atoms with Crippen molar-refractivity contribution in [2.45, 2.75) is 45.1 Å². The van der Waals surface area contributed by atoms with Crippen molar-refractivity contribution in [1.82, 2.24) is 4.90 Å². The maximum absolute atomic E-state index is 13.9. The highest BCUT2D eigenvalue weighted by atomic mass is 32.2. The topological polar surface area (TPSA) is 80.5 Å². The molecule has 0 aliphatic rings. The van der Waals surface area contributed by atoms with Gasteiger partial charge in [0.05, 0.1) is 0 Å². The molecule has 1 rings (SSSR count). The van der Waals surface area contributed by atoms with E-state index in [4.69, 9.17) is 5.14 Å². The Labute approximate surface area is 125 Å². The van der Waals surface area contributed by atoms with E-state index < -0.39 is 20.7 Å². The van der Waals surface area contributed by atoms with Crippen LogP contribution in [-0.4, -0.2) is 31.8 Å². The summed E-state index contributed by atoms with van der Waals surface area (Å²) in [6.45, 7) is 7.61. The predicted molar refractivity (Wildman–Crippen MR) is 79.0 cm³/mol. The summed E-state index contributed by atoms with van der Waals surface area (Å²) in [5.74, 6) is -1.25. The summed E-state index contributed by atoms with van der Waals surface area (Å²) in [5, 5.41) is 5.00. The summed E-state index contributed by atoms with van der Waals surface area (Å²) < 4.78 is 36.7. The van der Waals surface area contributed by atoms with Crippen LogP contribution in [0.5, 0.6) is 0 Å². The lowest BCUT2D eigenvalue weighted by molar-refractivity contribution is 0.0705. The van der Waals surface area contributed by atoms with Crippen molar-refractivity contribution in [2.75, 3.05) is 6.54 Å². The van der Waals surface area contributed by atoms with E-state index in [0.717, 1.165) is 12.5 Å². The van der Waals surface area contributed by atoms with E-state index in [-0.39, 0.29) is 23.1 Å². The van der Waals surface area contributed by atoms with Crippen LogP contribution in [0.4, 0.5) is 4.39 Å². The first-order chi connectivity index (χ1) is 9.59. The minimum Gasteiger partial charge on any atom is -0.336 e. The quantitative estimate of drug-likeness (QED) is 0.902. The molecular formula is C14H21FN2O3S. The Bertz CT molecular complexity index is 642. The maximum Gasteiger partial charge on any atom is 0.254 e. The van der Waals surface area contributed by atoms with Crippen LogP contribution in [0.1, 0.15) is 43.1 Å². The van der Waals surface area contributed by atoms with Crippen LogP contribution in [0.3, 0.4) is 0 Å². The van der Waals surface area contributed by atoms with Crippen LogP contribution in [0, 0.1) is 12.7 Å². The molecule has 0 fully saturated rings. The van der Waals surface area contributed by atoms with Crippen LogP contribution < -0.4 is 5.14 Å². The van der Waals surface area contributed by atoms with Crippen molar-refractivity contribution in [2.24, 2.45) is 5.14 Å². The van der Waals surface area contributed by atoms with Gasteiger partial charge in [0.1, 0.15) is 10.7 Å². The second-order valence-corrected chi connectivity index (χ2v) is 6.77. The lowest BCUT2D eigenvalue weighted by Gasteiger charge is -2.26. The normalized spacial score (nSPS) is 11.8. The molecule has 0 aliphatic carbocycles. The minimum atomic E-state index is -4.22.